The number of hydrogen-bond acceptors (Lipinski definition) is 1. The second kappa shape index (κ2) is 6.00. The monoisotopic (exact) mass is 194 g/mol. The van der Waals surface area contributed by atoms with Crippen LogP contribution < -0.4 is 0 Å². The number of rotatable bonds is 4. The molecular weight excluding hydrogens is 172 g/mol. The van der Waals surface area contributed by atoms with Gasteiger partial charge in [-0.1, -0.05) is 38.8 Å². The number of ketones is 1. The van der Waals surface area contributed by atoms with E-state index in [9.17, 15) is 4.79 Å². The number of allylic oxidation sites excluding steroid dienone is 2. The van der Waals surface area contributed by atoms with E-state index < -0.39 is 0 Å². The van der Waals surface area contributed by atoms with Gasteiger partial charge in [-0.25, -0.2) is 0 Å². The van der Waals surface area contributed by atoms with E-state index in [2.05, 4.69) is 26.0 Å². The molecule has 1 heteroatoms. The summed E-state index contributed by atoms with van der Waals surface area (Å²) in [5, 5.41) is 0. The third-order valence-corrected chi connectivity index (χ3v) is 3.12. The van der Waals surface area contributed by atoms with Gasteiger partial charge in [-0.3, -0.25) is 4.79 Å². The first-order chi connectivity index (χ1) is 6.74. The minimum absolute atomic E-state index is 0.315. The lowest BCUT2D eigenvalue weighted by molar-refractivity contribution is -0.124. The predicted molar refractivity (Wildman–Crippen MR) is 60.2 cm³/mol. The maximum Gasteiger partial charge on any atom is 0.136 e. The van der Waals surface area contributed by atoms with Crippen LogP contribution >= 0.6 is 0 Å². The van der Waals surface area contributed by atoms with E-state index in [-0.39, 0.29) is 0 Å². The Bertz CT molecular complexity index is 205. The molecule has 0 aromatic carbocycles. The van der Waals surface area contributed by atoms with Gasteiger partial charge >= 0.3 is 0 Å². The average molecular weight is 194 g/mol. The third kappa shape index (κ3) is 3.65. The first kappa shape index (κ1) is 11.5. The van der Waals surface area contributed by atoms with Gasteiger partial charge in [0.25, 0.3) is 0 Å². The van der Waals surface area contributed by atoms with Gasteiger partial charge in [-0.05, 0) is 25.2 Å². The largest absolute Gasteiger partial charge is 0.299 e. The molecule has 1 aliphatic rings. The molecule has 1 aliphatic carbocycles. The molecule has 0 aliphatic heterocycles. The summed E-state index contributed by atoms with van der Waals surface area (Å²) in [5.74, 6) is 1.31. The van der Waals surface area contributed by atoms with Crippen molar-refractivity contribution in [1.29, 1.82) is 0 Å². The van der Waals surface area contributed by atoms with Crippen LogP contribution in [0.15, 0.2) is 12.2 Å². The Kier molecular flexibility index (Phi) is 4.92. The Hall–Kier alpha value is -0.590. The van der Waals surface area contributed by atoms with E-state index >= 15 is 0 Å². The highest BCUT2D eigenvalue weighted by atomic mass is 16.1. The average Bonchev–Trinajstić information content (AvgIpc) is 2.18. The molecule has 14 heavy (non-hydrogen) atoms. The van der Waals surface area contributed by atoms with Crippen LogP contribution in [-0.4, -0.2) is 5.78 Å². The van der Waals surface area contributed by atoms with Crippen molar-refractivity contribution >= 4 is 5.78 Å². The van der Waals surface area contributed by atoms with Gasteiger partial charge in [0.2, 0.25) is 0 Å². The topological polar surface area (TPSA) is 17.1 Å². The molecule has 0 N–H and O–H groups in total. The van der Waals surface area contributed by atoms with Gasteiger partial charge in [0.1, 0.15) is 5.78 Å². The minimum Gasteiger partial charge on any atom is -0.299 e. The molecule has 0 aromatic rings. The Labute approximate surface area is 87.6 Å². The molecule has 1 nitrogen and oxygen atoms in total. The highest BCUT2D eigenvalue weighted by Gasteiger charge is 2.23. The smallest absolute Gasteiger partial charge is 0.136 e. The fourth-order valence-electron chi connectivity index (χ4n) is 1.96. The molecule has 0 unspecified atom stereocenters. The molecule has 1 saturated carbocycles. The Morgan fingerprint density at radius 3 is 2.86 bits per heavy atom. The Morgan fingerprint density at radius 1 is 1.43 bits per heavy atom. The van der Waals surface area contributed by atoms with Crippen molar-refractivity contribution in [2.24, 2.45) is 11.8 Å². The summed E-state index contributed by atoms with van der Waals surface area (Å²) in [7, 11) is 0. The zero-order chi connectivity index (χ0) is 10.4. The van der Waals surface area contributed by atoms with E-state index in [1.165, 1.54) is 25.7 Å². The van der Waals surface area contributed by atoms with Crippen LogP contribution in [0.2, 0.25) is 0 Å². The molecule has 1 fully saturated rings. The highest BCUT2D eigenvalue weighted by molar-refractivity contribution is 5.81. The van der Waals surface area contributed by atoms with Crippen molar-refractivity contribution in [2.75, 3.05) is 0 Å². The van der Waals surface area contributed by atoms with Crippen molar-refractivity contribution in [2.45, 2.75) is 52.4 Å². The van der Waals surface area contributed by atoms with Crippen molar-refractivity contribution in [3.05, 3.63) is 12.2 Å². The van der Waals surface area contributed by atoms with E-state index in [1.807, 2.05) is 0 Å². The number of carbonyl (C=O) groups is 1. The van der Waals surface area contributed by atoms with Crippen LogP contribution in [0.5, 0.6) is 0 Å². The van der Waals surface area contributed by atoms with Crippen LogP contribution in [-0.2, 0) is 4.79 Å². The van der Waals surface area contributed by atoms with Gasteiger partial charge in [0, 0.05) is 12.3 Å². The summed E-state index contributed by atoms with van der Waals surface area (Å²) >= 11 is 0. The van der Waals surface area contributed by atoms with Crippen LogP contribution in [0, 0.1) is 11.8 Å². The van der Waals surface area contributed by atoms with Gasteiger partial charge in [0.05, 0.1) is 0 Å². The van der Waals surface area contributed by atoms with Crippen molar-refractivity contribution in [1.82, 2.24) is 0 Å². The summed E-state index contributed by atoms with van der Waals surface area (Å²) in [6.07, 6.45) is 11.3. The lowest BCUT2D eigenvalue weighted by Crippen LogP contribution is -2.21. The summed E-state index contributed by atoms with van der Waals surface area (Å²) < 4.78 is 0. The predicted octanol–water partition coefficient (Wildman–Crippen LogP) is 3.74. The van der Waals surface area contributed by atoms with E-state index in [1.54, 1.807) is 0 Å². The fourth-order valence-corrected chi connectivity index (χ4v) is 1.96. The first-order valence-corrected chi connectivity index (χ1v) is 5.93. The quantitative estimate of drug-likeness (QED) is 0.492. The maximum absolute atomic E-state index is 11.5. The molecule has 0 spiro atoms. The summed E-state index contributed by atoms with van der Waals surface area (Å²) in [6, 6.07) is 0. The van der Waals surface area contributed by atoms with Gasteiger partial charge < -0.3 is 0 Å². The summed E-state index contributed by atoms with van der Waals surface area (Å²) in [4.78, 5) is 11.5. The number of Topliss-reactive ketones (excluding diaryl/α,β-unsaturated/α-hetero) is 1. The molecule has 0 amide bonds. The lowest BCUT2D eigenvalue weighted by Gasteiger charge is -2.22. The van der Waals surface area contributed by atoms with Gasteiger partial charge in [-0.2, -0.15) is 0 Å². The zero-order valence-electron chi connectivity index (χ0n) is 9.46. The minimum atomic E-state index is 0.315. The maximum atomic E-state index is 11.5. The highest BCUT2D eigenvalue weighted by Crippen LogP contribution is 2.26. The molecule has 2 atom stereocenters. The number of carbonyl (C=O) groups excluding carboxylic acids is 1. The standard InChI is InChI=1S/C13H22O/c1-3-4-5-6-7-12-9-8-11(2)13(14)10-12/h6-7,11-12H,3-5,8-10H2,1-2H3/b7-6+/t11-,12+/m0/s1. The first-order valence-electron chi connectivity index (χ1n) is 5.93. The van der Waals surface area contributed by atoms with Crippen LogP contribution in [0.3, 0.4) is 0 Å². The second-order valence-electron chi connectivity index (χ2n) is 4.48. The lowest BCUT2D eigenvalue weighted by atomic mass is 9.82. The molecule has 0 aromatic heterocycles. The molecule has 0 heterocycles. The van der Waals surface area contributed by atoms with Gasteiger partial charge in [0.15, 0.2) is 0 Å². The van der Waals surface area contributed by atoms with Crippen LogP contribution in [0.4, 0.5) is 0 Å². The van der Waals surface area contributed by atoms with Crippen molar-refractivity contribution < 1.29 is 4.79 Å². The molecule has 0 saturated heterocycles. The summed E-state index contributed by atoms with van der Waals surface area (Å²) in [5.41, 5.74) is 0. The van der Waals surface area contributed by atoms with E-state index in [4.69, 9.17) is 0 Å². The third-order valence-electron chi connectivity index (χ3n) is 3.12. The molecule has 0 bridgehead atoms. The Balaban J connectivity index is 2.25. The Morgan fingerprint density at radius 2 is 2.21 bits per heavy atom. The second-order valence-corrected chi connectivity index (χ2v) is 4.48. The number of unbranched alkanes of at least 4 members (excludes halogenated alkanes) is 2. The number of hydrogen-bond donors (Lipinski definition) is 0. The fraction of sp³-hybridized carbons (Fsp3) is 0.769. The van der Waals surface area contributed by atoms with Gasteiger partial charge in [-0.15, -0.1) is 0 Å². The van der Waals surface area contributed by atoms with Crippen LogP contribution in [0.25, 0.3) is 0 Å². The van der Waals surface area contributed by atoms with Crippen LogP contribution in [0.1, 0.15) is 52.4 Å². The SMILES string of the molecule is CCCC/C=C/[C@@H]1CC[C@H](C)C(=O)C1. The molecule has 0 radical (unpaired) electrons. The summed E-state index contributed by atoms with van der Waals surface area (Å²) in [6.45, 7) is 4.26. The van der Waals surface area contributed by atoms with Crippen molar-refractivity contribution in [3.63, 3.8) is 0 Å². The van der Waals surface area contributed by atoms with E-state index in [0.717, 1.165) is 12.8 Å². The zero-order valence-corrected chi connectivity index (χ0v) is 9.46. The molecular formula is C13H22O. The molecule has 1 rings (SSSR count). The normalized spacial score (nSPS) is 28.6. The molecule has 80 valence electrons. The van der Waals surface area contributed by atoms with Crippen molar-refractivity contribution in [3.8, 4) is 0 Å². The van der Waals surface area contributed by atoms with E-state index in [0.29, 0.717) is 17.6 Å².